The molecule has 1 heterocycles. The second-order valence-corrected chi connectivity index (χ2v) is 5.87. The molecule has 0 saturated heterocycles. The van der Waals surface area contributed by atoms with E-state index in [9.17, 15) is 9.18 Å². The van der Waals surface area contributed by atoms with Gasteiger partial charge in [-0.25, -0.2) is 9.37 Å². The van der Waals surface area contributed by atoms with Crippen molar-refractivity contribution in [2.24, 2.45) is 0 Å². The van der Waals surface area contributed by atoms with Crippen molar-refractivity contribution in [2.75, 3.05) is 11.9 Å². The average molecular weight is 340 g/mol. The molecule has 0 aliphatic rings. The number of carbonyl (C=O) groups is 1. The Kier molecular flexibility index (Phi) is 4.73. The second kappa shape index (κ2) is 7.11. The number of halogens is 1. The highest BCUT2D eigenvalue weighted by Crippen LogP contribution is 2.23. The number of thiazole rings is 1. The smallest absolute Gasteiger partial charge is 0.228 e. The summed E-state index contributed by atoms with van der Waals surface area (Å²) in [6.45, 7) is -0.0264. The molecule has 0 bridgehead atoms. The number of fused-ring (bicyclic) bond motifs is 1. The van der Waals surface area contributed by atoms with Crippen LogP contribution in [0.5, 0.6) is 5.75 Å². The van der Waals surface area contributed by atoms with E-state index in [0.717, 1.165) is 10.2 Å². The van der Waals surface area contributed by atoms with Gasteiger partial charge in [-0.3, -0.25) is 4.79 Å². The Morgan fingerprint density at radius 1 is 1.38 bits per heavy atom. The highest BCUT2D eigenvalue weighted by atomic mass is 32.1. The molecular formula is C18H13FN2O2S. The van der Waals surface area contributed by atoms with Crippen molar-refractivity contribution >= 4 is 33.1 Å². The first kappa shape index (κ1) is 16.0. The van der Waals surface area contributed by atoms with Gasteiger partial charge in [0.15, 0.2) is 11.6 Å². The van der Waals surface area contributed by atoms with Crippen LogP contribution in [0.4, 0.5) is 10.1 Å². The third-order valence-corrected chi connectivity index (χ3v) is 4.11. The van der Waals surface area contributed by atoms with Crippen LogP contribution in [0.2, 0.25) is 0 Å². The van der Waals surface area contributed by atoms with Gasteiger partial charge in [0, 0.05) is 11.3 Å². The molecule has 0 unspecified atom stereocenters. The van der Waals surface area contributed by atoms with Gasteiger partial charge in [-0.15, -0.1) is 17.8 Å². The number of benzene rings is 2. The number of terminal acetylenes is 1. The Bertz CT molecular complexity index is 930. The number of hydrogen-bond donors (Lipinski definition) is 1. The number of aromatic nitrogens is 1. The second-order valence-electron chi connectivity index (χ2n) is 4.98. The number of ether oxygens (including phenoxy) is 1. The molecule has 0 fully saturated rings. The Labute approximate surface area is 142 Å². The minimum Gasteiger partial charge on any atom is -0.478 e. The summed E-state index contributed by atoms with van der Waals surface area (Å²) in [5.74, 6) is 1.44. The van der Waals surface area contributed by atoms with Crippen molar-refractivity contribution in [3.63, 3.8) is 0 Å². The van der Waals surface area contributed by atoms with Gasteiger partial charge in [0.1, 0.15) is 6.61 Å². The standard InChI is InChI=1S/C18H13FN2O2S/c1-2-8-23-15-5-3-4-12(18(15)19)9-17(22)21-13-6-7-14-16(10-13)24-11-20-14/h1,3-7,10-11H,8-9H2,(H,21,22). The lowest BCUT2D eigenvalue weighted by molar-refractivity contribution is -0.115. The fourth-order valence-corrected chi connectivity index (χ4v) is 2.95. The summed E-state index contributed by atoms with van der Waals surface area (Å²) in [5.41, 5.74) is 3.52. The number of rotatable bonds is 5. The van der Waals surface area contributed by atoms with Crippen molar-refractivity contribution in [2.45, 2.75) is 6.42 Å². The summed E-state index contributed by atoms with van der Waals surface area (Å²) < 4.78 is 20.4. The maximum absolute atomic E-state index is 14.3. The fourth-order valence-electron chi connectivity index (χ4n) is 2.23. The van der Waals surface area contributed by atoms with E-state index in [1.165, 1.54) is 17.4 Å². The zero-order valence-corrected chi connectivity index (χ0v) is 13.4. The molecule has 120 valence electrons. The predicted molar refractivity (Wildman–Crippen MR) is 92.7 cm³/mol. The number of nitrogens with one attached hydrogen (secondary N) is 1. The van der Waals surface area contributed by atoms with Crippen molar-refractivity contribution < 1.29 is 13.9 Å². The van der Waals surface area contributed by atoms with Gasteiger partial charge in [-0.05, 0) is 24.3 Å². The van der Waals surface area contributed by atoms with Crippen molar-refractivity contribution in [1.29, 1.82) is 0 Å². The molecule has 0 spiro atoms. The molecule has 3 rings (SSSR count). The van der Waals surface area contributed by atoms with Crippen molar-refractivity contribution in [3.05, 3.63) is 53.3 Å². The molecule has 1 aromatic heterocycles. The molecule has 0 aliphatic heterocycles. The van der Waals surface area contributed by atoms with Gasteiger partial charge in [-0.1, -0.05) is 18.1 Å². The van der Waals surface area contributed by atoms with E-state index in [2.05, 4.69) is 16.2 Å². The molecule has 3 aromatic rings. The molecule has 24 heavy (non-hydrogen) atoms. The van der Waals surface area contributed by atoms with E-state index in [1.807, 2.05) is 12.1 Å². The zero-order chi connectivity index (χ0) is 16.9. The minimum absolute atomic E-state index is 0.0264. The fraction of sp³-hybridized carbons (Fsp3) is 0.111. The van der Waals surface area contributed by atoms with Crippen LogP contribution >= 0.6 is 11.3 Å². The SMILES string of the molecule is C#CCOc1cccc(CC(=O)Nc2ccc3ncsc3c2)c1F. The summed E-state index contributed by atoms with van der Waals surface area (Å²) in [4.78, 5) is 16.4. The lowest BCUT2D eigenvalue weighted by Gasteiger charge is -2.09. The van der Waals surface area contributed by atoms with E-state index in [-0.39, 0.29) is 30.2 Å². The quantitative estimate of drug-likeness (QED) is 0.722. The van der Waals surface area contributed by atoms with Crippen LogP contribution in [0.3, 0.4) is 0 Å². The van der Waals surface area contributed by atoms with E-state index < -0.39 is 5.82 Å². The van der Waals surface area contributed by atoms with E-state index >= 15 is 0 Å². The summed E-state index contributed by atoms with van der Waals surface area (Å²) in [5, 5.41) is 2.76. The van der Waals surface area contributed by atoms with Crippen LogP contribution < -0.4 is 10.1 Å². The summed E-state index contributed by atoms with van der Waals surface area (Å²) >= 11 is 1.49. The Morgan fingerprint density at radius 2 is 2.25 bits per heavy atom. The van der Waals surface area contributed by atoms with Gasteiger partial charge in [0.2, 0.25) is 5.91 Å². The highest BCUT2D eigenvalue weighted by Gasteiger charge is 2.13. The third kappa shape index (κ3) is 3.53. The number of anilines is 1. The van der Waals surface area contributed by atoms with E-state index in [4.69, 9.17) is 11.2 Å². The summed E-state index contributed by atoms with van der Waals surface area (Å²) in [6.07, 6.45) is 5.00. The van der Waals surface area contributed by atoms with Crippen LogP contribution in [-0.2, 0) is 11.2 Å². The molecule has 4 nitrogen and oxygen atoms in total. The predicted octanol–water partition coefficient (Wildman–Crippen LogP) is 3.63. The lowest BCUT2D eigenvalue weighted by Crippen LogP contribution is -2.15. The summed E-state index contributed by atoms with van der Waals surface area (Å²) in [7, 11) is 0. The molecule has 0 atom stereocenters. The number of hydrogen-bond acceptors (Lipinski definition) is 4. The maximum atomic E-state index is 14.3. The van der Waals surface area contributed by atoms with Gasteiger partial charge in [-0.2, -0.15) is 0 Å². The Balaban J connectivity index is 1.71. The average Bonchev–Trinajstić information content (AvgIpc) is 3.03. The van der Waals surface area contributed by atoms with Crippen LogP contribution in [0, 0.1) is 18.2 Å². The third-order valence-electron chi connectivity index (χ3n) is 3.32. The topological polar surface area (TPSA) is 51.2 Å². The first-order valence-electron chi connectivity index (χ1n) is 7.14. The Morgan fingerprint density at radius 3 is 3.08 bits per heavy atom. The number of nitrogens with zero attached hydrogens (tertiary/aromatic N) is 1. The molecule has 1 amide bonds. The van der Waals surface area contributed by atoms with Crippen molar-refractivity contribution in [1.82, 2.24) is 4.98 Å². The number of amides is 1. The first-order chi connectivity index (χ1) is 11.7. The van der Waals surface area contributed by atoms with E-state index in [1.54, 1.807) is 23.7 Å². The number of carbonyl (C=O) groups excluding carboxylic acids is 1. The largest absolute Gasteiger partial charge is 0.478 e. The summed E-state index contributed by atoms with van der Waals surface area (Å²) in [6, 6.07) is 10.1. The molecule has 6 heteroatoms. The molecule has 0 radical (unpaired) electrons. The minimum atomic E-state index is -0.569. The molecular weight excluding hydrogens is 327 g/mol. The van der Waals surface area contributed by atoms with Crippen LogP contribution in [0.1, 0.15) is 5.56 Å². The monoisotopic (exact) mass is 340 g/mol. The molecule has 0 saturated carbocycles. The normalized spacial score (nSPS) is 10.3. The van der Waals surface area contributed by atoms with Gasteiger partial charge in [0.05, 0.1) is 22.1 Å². The Hall–Kier alpha value is -2.91. The first-order valence-corrected chi connectivity index (χ1v) is 8.02. The zero-order valence-electron chi connectivity index (χ0n) is 12.6. The van der Waals surface area contributed by atoms with Crippen LogP contribution in [0.25, 0.3) is 10.2 Å². The van der Waals surface area contributed by atoms with E-state index in [0.29, 0.717) is 5.69 Å². The molecule has 2 aromatic carbocycles. The van der Waals surface area contributed by atoms with Gasteiger partial charge < -0.3 is 10.1 Å². The lowest BCUT2D eigenvalue weighted by atomic mass is 10.1. The van der Waals surface area contributed by atoms with Crippen LogP contribution in [0.15, 0.2) is 41.9 Å². The van der Waals surface area contributed by atoms with Crippen molar-refractivity contribution in [3.8, 4) is 18.1 Å². The van der Waals surface area contributed by atoms with Gasteiger partial charge >= 0.3 is 0 Å². The van der Waals surface area contributed by atoms with Crippen LogP contribution in [-0.4, -0.2) is 17.5 Å². The molecule has 0 aliphatic carbocycles. The van der Waals surface area contributed by atoms with Gasteiger partial charge in [0.25, 0.3) is 0 Å². The maximum Gasteiger partial charge on any atom is 0.228 e. The highest BCUT2D eigenvalue weighted by molar-refractivity contribution is 7.16. The molecule has 1 N–H and O–H groups in total.